The van der Waals surface area contributed by atoms with Crippen LogP contribution in [0.3, 0.4) is 0 Å². The molecule has 0 fully saturated rings. The summed E-state index contributed by atoms with van der Waals surface area (Å²) in [6.45, 7) is 3.14. The number of ether oxygens (including phenoxy) is 1. The fourth-order valence-corrected chi connectivity index (χ4v) is 1.87. The van der Waals surface area contributed by atoms with Crippen molar-refractivity contribution in [3.05, 3.63) is 0 Å². The minimum atomic E-state index is 0.870. The minimum absolute atomic E-state index is 0.870. The van der Waals surface area contributed by atoms with Gasteiger partial charge in [0.2, 0.25) is 0 Å². The highest BCUT2D eigenvalue weighted by molar-refractivity contribution is 5.38. The third-order valence-electron chi connectivity index (χ3n) is 2.90. The van der Waals surface area contributed by atoms with Crippen molar-refractivity contribution in [1.29, 1.82) is 0 Å². The Morgan fingerprint density at radius 2 is 1.24 bits per heavy atom. The first-order valence-corrected chi connectivity index (χ1v) is 7.38. The second-order valence-electron chi connectivity index (χ2n) is 5.12. The van der Waals surface area contributed by atoms with Gasteiger partial charge in [0.05, 0.1) is 6.61 Å². The second-order valence-corrected chi connectivity index (χ2v) is 5.12. The van der Waals surface area contributed by atoms with Crippen molar-refractivity contribution in [1.82, 2.24) is 0 Å². The van der Waals surface area contributed by atoms with Crippen molar-refractivity contribution in [2.75, 3.05) is 20.7 Å². The monoisotopic (exact) mass is 242 g/mol. The van der Waals surface area contributed by atoms with Crippen molar-refractivity contribution in [3.8, 4) is 0 Å². The highest BCUT2D eigenvalue weighted by Crippen LogP contribution is 2.10. The molecule has 0 saturated heterocycles. The van der Waals surface area contributed by atoms with Crippen molar-refractivity contribution in [2.45, 2.75) is 71.1 Å². The summed E-state index contributed by atoms with van der Waals surface area (Å²) in [6, 6.07) is 0. The zero-order valence-corrected chi connectivity index (χ0v) is 12.2. The van der Waals surface area contributed by atoms with Crippen LogP contribution in [-0.2, 0) is 4.74 Å². The molecule has 0 aliphatic heterocycles. The highest BCUT2D eigenvalue weighted by atomic mass is 16.5. The van der Waals surface area contributed by atoms with E-state index in [0.717, 1.165) is 6.61 Å². The molecule has 0 bridgehead atoms. The topological polar surface area (TPSA) is 12.2 Å². The van der Waals surface area contributed by atoms with Crippen LogP contribution in [-0.4, -0.2) is 31.7 Å². The Balaban J connectivity index is 2.96. The predicted octanol–water partition coefficient (Wildman–Crippen LogP) is 4.22. The summed E-state index contributed by atoms with van der Waals surface area (Å²) >= 11 is 0. The van der Waals surface area contributed by atoms with E-state index in [-0.39, 0.29) is 0 Å². The van der Waals surface area contributed by atoms with Crippen LogP contribution in [0.1, 0.15) is 71.1 Å². The summed E-state index contributed by atoms with van der Waals surface area (Å²) in [5.41, 5.74) is 0. The zero-order valence-electron chi connectivity index (χ0n) is 12.2. The van der Waals surface area contributed by atoms with Crippen molar-refractivity contribution < 1.29 is 9.31 Å². The largest absolute Gasteiger partial charge is 0.450 e. The lowest BCUT2D eigenvalue weighted by Crippen LogP contribution is -2.03. The first-order valence-electron chi connectivity index (χ1n) is 7.38. The molecule has 0 aromatic heterocycles. The van der Waals surface area contributed by atoms with Gasteiger partial charge in [0.15, 0.2) is 0 Å². The third kappa shape index (κ3) is 15.5. The standard InChI is InChI=1S/C15H32NO/c1-4-5-6-7-8-9-10-11-12-13-14-17-15-16(2)3/h15H,4-14H2,1-3H3/q+1. The van der Waals surface area contributed by atoms with Gasteiger partial charge < -0.3 is 4.74 Å². The maximum absolute atomic E-state index is 5.37. The molecule has 2 heteroatoms. The first-order chi connectivity index (χ1) is 8.27. The molecule has 0 aliphatic rings. The molecule has 0 N–H and O–H groups in total. The van der Waals surface area contributed by atoms with Crippen molar-refractivity contribution >= 4 is 6.40 Å². The van der Waals surface area contributed by atoms with Gasteiger partial charge in [0.1, 0.15) is 14.1 Å². The summed E-state index contributed by atoms with van der Waals surface area (Å²) in [5.74, 6) is 0. The van der Waals surface area contributed by atoms with Crippen LogP contribution in [0.15, 0.2) is 0 Å². The normalized spacial score (nSPS) is 10.3. The average molecular weight is 242 g/mol. The quantitative estimate of drug-likeness (QED) is 0.216. The van der Waals surface area contributed by atoms with E-state index in [0.29, 0.717) is 0 Å². The SMILES string of the molecule is CCCCCCCCCCCCOC=[N+](C)C. The summed E-state index contributed by atoms with van der Waals surface area (Å²) in [6.07, 6.45) is 15.6. The molecule has 0 unspecified atom stereocenters. The molecule has 0 saturated carbocycles. The van der Waals surface area contributed by atoms with E-state index >= 15 is 0 Å². The minimum Gasteiger partial charge on any atom is -0.450 e. The molecule has 0 atom stereocenters. The molecule has 17 heavy (non-hydrogen) atoms. The Labute approximate surface area is 108 Å². The highest BCUT2D eigenvalue weighted by Gasteiger charge is 1.93. The van der Waals surface area contributed by atoms with Crippen molar-refractivity contribution in [2.24, 2.45) is 0 Å². The summed E-state index contributed by atoms with van der Waals surface area (Å²) in [5, 5.41) is 0. The molecule has 0 aromatic rings. The lowest BCUT2D eigenvalue weighted by Gasteiger charge is -2.02. The molecule has 0 spiro atoms. The van der Waals surface area contributed by atoms with Crippen LogP contribution in [0, 0.1) is 0 Å². The maximum Gasteiger partial charge on any atom is 0.323 e. The molecular weight excluding hydrogens is 210 g/mol. The lowest BCUT2D eigenvalue weighted by atomic mass is 10.1. The molecule has 0 heterocycles. The number of unbranched alkanes of at least 4 members (excludes halogenated alkanes) is 9. The van der Waals surface area contributed by atoms with Crippen LogP contribution in [0.2, 0.25) is 0 Å². The second kappa shape index (κ2) is 13.5. The number of hydrogen-bond donors (Lipinski definition) is 0. The number of hydrogen-bond acceptors (Lipinski definition) is 1. The molecule has 0 amide bonds. The van der Waals surface area contributed by atoms with Crippen LogP contribution >= 0.6 is 0 Å². The Morgan fingerprint density at radius 1 is 0.765 bits per heavy atom. The smallest absolute Gasteiger partial charge is 0.323 e. The molecule has 2 nitrogen and oxygen atoms in total. The van der Waals surface area contributed by atoms with Crippen LogP contribution < -0.4 is 0 Å². The van der Waals surface area contributed by atoms with E-state index in [1.165, 1.54) is 64.2 Å². The summed E-state index contributed by atoms with van der Waals surface area (Å²) in [7, 11) is 3.97. The molecule has 102 valence electrons. The van der Waals surface area contributed by atoms with Gasteiger partial charge in [-0.25, -0.2) is 4.58 Å². The number of rotatable bonds is 12. The van der Waals surface area contributed by atoms with Gasteiger partial charge in [-0.3, -0.25) is 0 Å². The maximum atomic E-state index is 5.37. The molecular formula is C15H32NO+. The Bertz CT molecular complexity index is 174. The van der Waals surface area contributed by atoms with E-state index in [1.54, 1.807) is 6.40 Å². The summed E-state index contributed by atoms with van der Waals surface area (Å²) in [4.78, 5) is 0. The first kappa shape index (κ1) is 16.5. The third-order valence-corrected chi connectivity index (χ3v) is 2.90. The van der Waals surface area contributed by atoms with Gasteiger partial charge >= 0.3 is 6.40 Å². The molecule has 0 radical (unpaired) electrons. The van der Waals surface area contributed by atoms with E-state index in [9.17, 15) is 0 Å². The van der Waals surface area contributed by atoms with Gasteiger partial charge in [-0.15, -0.1) is 0 Å². The van der Waals surface area contributed by atoms with Crippen LogP contribution in [0.5, 0.6) is 0 Å². The average Bonchev–Trinajstić information content (AvgIpc) is 2.30. The Kier molecular flexibility index (Phi) is 13.1. The lowest BCUT2D eigenvalue weighted by molar-refractivity contribution is -0.468. The Morgan fingerprint density at radius 3 is 1.71 bits per heavy atom. The predicted molar refractivity (Wildman–Crippen MR) is 76.0 cm³/mol. The van der Waals surface area contributed by atoms with E-state index in [1.807, 2.05) is 18.7 Å². The van der Waals surface area contributed by atoms with E-state index in [4.69, 9.17) is 4.74 Å². The van der Waals surface area contributed by atoms with Gasteiger partial charge in [0.25, 0.3) is 0 Å². The fraction of sp³-hybridized carbons (Fsp3) is 0.933. The Hall–Kier alpha value is -0.530. The zero-order chi connectivity index (χ0) is 12.8. The van der Waals surface area contributed by atoms with Gasteiger partial charge in [-0.05, 0) is 6.42 Å². The van der Waals surface area contributed by atoms with E-state index in [2.05, 4.69) is 6.92 Å². The number of nitrogens with zero attached hydrogens (tertiary/aromatic N) is 1. The van der Waals surface area contributed by atoms with E-state index < -0.39 is 0 Å². The van der Waals surface area contributed by atoms with Crippen molar-refractivity contribution in [3.63, 3.8) is 0 Å². The van der Waals surface area contributed by atoms with Crippen LogP contribution in [0.4, 0.5) is 0 Å². The van der Waals surface area contributed by atoms with Crippen LogP contribution in [0.25, 0.3) is 0 Å². The van der Waals surface area contributed by atoms with Gasteiger partial charge in [-0.1, -0.05) is 64.7 Å². The summed E-state index contributed by atoms with van der Waals surface area (Å²) < 4.78 is 7.31. The molecule has 0 aromatic carbocycles. The molecule has 0 rings (SSSR count). The van der Waals surface area contributed by atoms with Gasteiger partial charge in [0, 0.05) is 0 Å². The van der Waals surface area contributed by atoms with Gasteiger partial charge in [-0.2, -0.15) is 0 Å². The fourth-order valence-electron chi connectivity index (χ4n) is 1.87. The molecule has 0 aliphatic carbocycles.